The SMILES string of the molecule is Cc1nc(N)c2ncn(C(C)(C)S)c2n1. The van der Waals surface area contributed by atoms with Gasteiger partial charge in [0.15, 0.2) is 11.5 Å². The first kappa shape index (κ1) is 10.2. The van der Waals surface area contributed by atoms with Crippen LogP contribution in [0.25, 0.3) is 11.2 Å². The molecule has 0 aliphatic rings. The molecule has 0 spiro atoms. The van der Waals surface area contributed by atoms with E-state index in [1.54, 1.807) is 13.3 Å². The van der Waals surface area contributed by atoms with E-state index in [0.29, 0.717) is 17.2 Å². The second kappa shape index (κ2) is 3.10. The highest BCUT2D eigenvalue weighted by Gasteiger charge is 2.19. The molecule has 0 aliphatic carbocycles. The molecule has 0 unspecified atom stereocenters. The molecule has 5 nitrogen and oxygen atoms in total. The number of nitrogens with zero attached hydrogens (tertiary/aromatic N) is 4. The average Bonchev–Trinajstić information content (AvgIpc) is 2.45. The van der Waals surface area contributed by atoms with Gasteiger partial charge in [-0.3, -0.25) is 0 Å². The monoisotopic (exact) mass is 223 g/mol. The number of aryl methyl sites for hydroxylation is 1. The first-order chi connectivity index (χ1) is 6.89. The minimum atomic E-state index is -0.359. The first-order valence-electron chi connectivity index (χ1n) is 4.59. The fourth-order valence-corrected chi connectivity index (χ4v) is 1.58. The van der Waals surface area contributed by atoms with Gasteiger partial charge in [-0.15, -0.1) is 0 Å². The summed E-state index contributed by atoms with van der Waals surface area (Å²) in [5, 5.41) is 0. The Balaban J connectivity index is 2.80. The van der Waals surface area contributed by atoms with E-state index in [1.165, 1.54) is 0 Å². The van der Waals surface area contributed by atoms with Gasteiger partial charge in [0.1, 0.15) is 11.3 Å². The first-order valence-corrected chi connectivity index (χ1v) is 5.04. The van der Waals surface area contributed by atoms with Crippen LogP contribution in [0.3, 0.4) is 0 Å². The number of hydrogen-bond donors (Lipinski definition) is 2. The van der Waals surface area contributed by atoms with Gasteiger partial charge in [0.2, 0.25) is 0 Å². The van der Waals surface area contributed by atoms with Crippen LogP contribution in [0.15, 0.2) is 6.33 Å². The normalized spacial score (nSPS) is 12.3. The summed E-state index contributed by atoms with van der Waals surface area (Å²) in [4.78, 5) is 12.2. The predicted octanol–water partition coefficient (Wildman–Crippen LogP) is 1.34. The third-order valence-corrected chi connectivity index (χ3v) is 2.34. The van der Waals surface area contributed by atoms with Crippen molar-refractivity contribution in [2.75, 3.05) is 5.73 Å². The van der Waals surface area contributed by atoms with Crippen molar-refractivity contribution in [3.05, 3.63) is 12.2 Å². The molecule has 0 amide bonds. The van der Waals surface area contributed by atoms with E-state index in [-0.39, 0.29) is 4.87 Å². The summed E-state index contributed by atoms with van der Waals surface area (Å²) in [6, 6.07) is 0. The maximum Gasteiger partial charge on any atom is 0.166 e. The Morgan fingerprint density at radius 1 is 1.40 bits per heavy atom. The number of imidazole rings is 1. The number of thiol groups is 1. The van der Waals surface area contributed by atoms with Gasteiger partial charge in [0.05, 0.1) is 11.2 Å². The summed E-state index contributed by atoms with van der Waals surface area (Å²) in [6.45, 7) is 5.73. The Hall–Kier alpha value is -1.30. The maximum absolute atomic E-state index is 5.76. The van der Waals surface area contributed by atoms with Crippen LogP contribution >= 0.6 is 12.6 Å². The number of hydrogen-bond acceptors (Lipinski definition) is 5. The molecule has 0 radical (unpaired) electrons. The topological polar surface area (TPSA) is 69.6 Å². The molecule has 0 fully saturated rings. The summed E-state index contributed by atoms with van der Waals surface area (Å²) in [7, 11) is 0. The Kier molecular flexibility index (Phi) is 2.11. The summed E-state index contributed by atoms with van der Waals surface area (Å²) >= 11 is 4.48. The zero-order valence-corrected chi connectivity index (χ0v) is 9.79. The number of nitrogens with two attached hydrogens (primary N) is 1. The van der Waals surface area contributed by atoms with Crippen LogP contribution in [-0.2, 0) is 4.87 Å². The summed E-state index contributed by atoms with van der Waals surface area (Å²) in [5.41, 5.74) is 7.11. The molecule has 80 valence electrons. The highest BCUT2D eigenvalue weighted by molar-refractivity contribution is 7.81. The van der Waals surface area contributed by atoms with E-state index in [9.17, 15) is 0 Å². The van der Waals surface area contributed by atoms with Crippen molar-refractivity contribution in [2.45, 2.75) is 25.6 Å². The van der Waals surface area contributed by atoms with E-state index >= 15 is 0 Å². The van der Waals surface area contributed by atoms with E-state index in [2.05, 4.69) is 27.6 Å². The van der Waals surface area contributed by atoms with Crippen LogP contribution in [0, 0.1) is 6.92 Å². The third kappa shape index (κ3) is 1.65. The Morgan fingerprint density at radius 3 is 2.67 bits per heavy atom. The van der Waals surface area contributed by atoms with E-state index in [4.69, 9.17) is 5.73 Å². The Morgan fingerprint density at radius 2 is 2.07 bits per heavy atom. The van der Waals surface area contributed by atoms with Crippen molar-refractivity contribution < 1.29 is 0 Å². The standard InChI is InChI=1S/C9H13N5S/c1-5-12-7(10)6-8(13-5)14(4-11-6)9(2,3)15/h4,15H,1-3H3,(H2,10,12,13). The fourth-order valence-electron chi connectivity index (χ4n) is 1.44. The zero-order chi connectivity index (χ0) is 11.2. The predicted molar refractivity (Wildman–Crippen MR) is 62.8 cm³/mol. The molecule has 2 aromatic heterocycles. The van der Waals surface area contributed by atoms with Crippen molar-refractivity contribution in [3.63, 3.8) is 0 Å². The van der Waals surface area contributed by atoms with Gasteiger partial charge in [-0.2, -0.15) is 12.6 Å². The van der Waals surface area contributed by atoms with Gasteiger partial charge in [-0.05, 0) is 20.8 Å². The molecule has 0 saturated carbocycles. The molecule has 0 aliphatic heterocycles. The van der Waals surface area contributed by atoms with Gasteiger partial charge in [-0.25, -0.2) is 15.0 Å². The molecule has 0 atom stereocenters. The van der Waals surface area contributed by atoms with Gasteiger partial charge < -0.3 is 10.3 Å². The van der Waals surface area contributed by atoms with E-state index in [1.807, 2.05) is 18.4 Å². The molecule has 2 aromatic rings. The van der Waals surface area contributed by atoms with Crippen molar-refractivity contribution in [2.24, 2.45) is 0 Å². The van der Waals surface area contributed by atoms with Crippen LogP contribution in [0.5, 0.6) is 0 Å². The molecular weight excluding hydrogens is 210 g/mol. The summed E-state index contributed by atoms with van der Waals surface area (Å²) < 4.78 is 1.87. The lowest BCUT2D eigenvalue weighted by Gasteiger charge is -2.19. The molecule has 6 heteroatoms. The lowest BCUT2D eigenvalue weighted by molar-refractivity contribution is 0.553. The van der Waals surface area contributed by atoms with Gasteiger partial charge in [0, 0.05) is 0 Å². The van der Waals surface area contributed by atoms with Crippen molar-refractivity contribution >= 4 is 29.6 Å². The van der Waals surface area contributed by atoms with Gasteiger partial charge in [-0.1, -0.05) is 0 Å². The molecule has 0 aromatic carbocycles. The molecule has 2 rings (SSSR count). The molecule has 15 heavy (non-hydrogen) atoms. The van der Waals surface area contributed by atoms with Gasteiger partial charge in [0.25, 0.3) is 0 Å². The van der Waals surface area contributed by atoms with Gasteiger partial charge >= 0.3 is 0 Å². The summed E-state index contributed by atoms with van der Waals surface area (Å²) in [6.07, 6.45) is 1.68. The summed E-state index contributed by atoms with van der Waals surface area (Å²) in [5.74, 6) is 1.05. The molecule has 2 N–H and O–H groups in total. The number of anilines is 1. The lowest BCUT2D eigenvalue weighted by Crippen LogP contribution is -2.18. The minimum absolute atomic E-state index is 0.359. The number of aromatic nitrogens is 4. The quantitative estimate of drug-likeness (QED) is 0.716. The maximum atomic E-state index is 5.76. The highest BCUT2D eigenvalue weighted by Crippen LogP contribution is 2.25. The molecule has 0 saturated heterocycles. The largest absolute Gasteiger partial charge is 0.382 e. The zero-order valence-electron chi connectivity index (χ0n) is 8.89. The van der Waals surface area contributed by atoms with Crippen LogP contribution < -0.4 is 5.73 Å². The molecule has 2 heterocycles. The molecular formula is C9H13N5S. The van der Waals surface area contributed by atoms with Crippen molar-refractivity contribution in [1.29, 1.82) is 0 Å². The lowest BCUT2D eigenvalue weighted by atomic mass is 10.3. The second-order valence-corrected chi connectivity index (χ2v) is 5.03. The number of nitrogen functional groups attached to an aromatic ring is 1. The number of fused-ring (bicyclic) bond motifs is 1. The van der Waals surface area contributed by atoms with Crippen LogP contribution in [0.1, 0.15) is 19.7 Å². The van der Waals surface area contributed by atoms with Crippen LogP contribution in [0.2, 0.25) is 0 Å². The smallest absolute Gasteiger partial charge is 0.166 e. The number of rotatable bonds is 1. The van der Waals surface area contributed by atoms with Crippen LogP contribution in [0.4, 0.5) is 5.82 Å². The highest BCUT2D eigenvalue weighted by atomic mass is 32.1. The Bertz CT molecular complexity index is 511. The van der Waals surface area contributed by atoms with Crippen molar-refractivity contribution in [1.82, 2.24) is 19.5 Å². The minimum Gasteiger partial charge on any atom is -0.382 e. The van der Waals surface area contributed by atoms with E-state index in [0.717, 1.165) is 5.65 Å². The van der Waals surface area contributed by atoms with E-state index < -0.39 is 0 Å². The van der Waals surface area contributed by atoms with Crippen molar-refractivity contribution in [3.8, 4) is 0 Å². The fraction of sp³-hybridized carbons (Fsp3) is 0.444. The average molecular weight is 223 g/mol. The third-order valence-electron chi connectivity index (χ3n) is 2.12. The second-order valence-electron chi connectivity index (χ2n) is 3.94. The Labute approximate surface area is 93.1 Å². The molecule has 0 bridgehead atoms. The van der Waals surface area contributed by atoms with Crippen LogP contribution in [-0.4, -0.2) is 19.5 Å².